The van der Waals surface area contributed by atoms with E-state index < -0.39 is 9.84 Å². The van der Waals surface area contributed by atoms with Gasteiger partial charge in [0, 0.05) is 12.7 Å². The van der Waals surface area contributed by atoms with E-state index in [1.165, 1.54) is 6.26 Å². The topological polar surface area (TPSA) is 43.4 Å². The SMILES string of the molecule is Cc1cc(S(C)(=O)=O)cc2c1OCC2. The van der Waals surface area contributed by atoms with E-state index in [4.69, 9.17) is 4.74 Å². The minimum absolute atomic E-state index is 0.388. The number of aryl methyl sites for hydroxylation is 1. The Morgan fingerprint density at radius 3 is 2.71 bits per heavy atom. The fourth-order valence-corrected chi connectivity index (χ4v) is 2.43. The Bertz CT molecular complexity index is 474. The highest BCUT2D eigenvalue weighted by molar-refractivity contribution is 7.90. The summed E-state index contributed by atoms with van der Waals surface area (Å²) in [5.41, 5.74) is 1.91. The van der Waals surface area contributed by atoms with Gasteiger partial charge in [-0.1, -0.05) is 0 Å². The van der Waals surface area contributed by atoms with Crippen LogP contribution in [-0.4, -0.2) is 21.3 Å². The Kier molecular flexibility index (Phi) is 2.03. The first kappa shape index (κ1) is 9.52. The molecule has 0 aromatic heterocycles. The Balaban J connectivity index is 2.64. The van der Waals surface area contributed by atoms with Crippen LogP contribution in [0.25, 0.3) is 0 Å². The fraction of sp³-hybridized carbons (Fsp3) is 0.400. The molecule has 4 heteroatoms. The van der Waals surface area contributed by atoms with Crippen molar-refractivity contribution in [2.75, 3.05) is 12.9 Å². The maximum absolute atomic E-state index is 11.3. The summed E-state index contributed by atoms with van der Waals surface area (Å²) in [5.74, 6) is 0.859. The molecule has 0 atom stereocenters. The van der Waals surface area contributed by atoms with E-state index in [2.05, 4.69) is 0 Å². The lowest BCUT2D eigenvalue weighted by molar-refractivity contribution is 0.354. The van der Waals surface area contributed by atoms with E-state index in [1.807, 2.05) is 6.92 Å². The van der Waals surface area contributed by atoms with Crippen LogP contribution in [-0.2, 0) is 16.3 Å². The Labute approximate surface area is 83.6 Å². The lowest BCUT2D eigenvalue weighted by Gasteiger charge is -2.06. The minimum atomic E-state index is -3.10. The van der Waals surface area contributed by atoms with E-state index in [-0.39, 0.29) is 0 Å². The third-order valence-corrected chi connectivity index (χ3v) is 3.46. The molecule has 1 aromatic rings. The van der Waals surface area contributed by atoms with E-state index in [0.717, 1.165) is 23.3 Å². The fourth-order valence-electron chi connectivity index (χ4n) is 1.68. The highest BCUT2D eigenvalue weighted by Gasteiger charge is 2.18. The smallest absolute Gasteiger partial charge is 0.175 e. The lowest BCUT2D eigenvalue weighted by Crippen LogP contribution is -1.98. The quantitative estimate of drug-likeness (QED) is 0.705. The van der Waals surface area contributed by atoms with Crippen LogP contribution in [0.1, 0.15) is 11.1 Å². The van der Waals surface area contributed by atoms with Crippen molar-refractivity contribution in [2.24, 2.45) is 0 Å². The van der Waals surface area contributed by atoms with Crippen molar-refractivity contribution in [2.45, 2.75) is 18.2 Å². The Morgan fingerprint density at radius 2 is 2.07 bits per heavy atom. The molecule has 2 rings (SSSR count). The summed E-state index contributed by atoms with van der Waals surface area (Å²) in [4.78, 5) is 0.388. The summed E-state index contributed by atoms with van der Waals surface area (Å²) < 4.78 is 28.1. The van der Waals surface area contributed by atoms with Crippen LogP contribution in [0.2, 0.25) is 0 Å². The summed E-state index contributed by atoms with van der Waals surface area (Å²) in [6.45, 7) is 2.53. The van der Waals surface area contributed by atoms with Crippen molar-refractivity contribution in [3.05, 3.63) is 23.3 Å². The number of benzene rings is 1. The molecule has 1 aliphatic heterocycles. The van der Waals surface area contributed by atoms with Gasteiger partial charge in [0.2, 0.25) is 0 Å². The molecule has 0 aliphatic carbocycles. The summed E-state index contributed by atoms with van der Waals surface area (Å²) in [6.07, 6.45) is 2.03. The van der Waals surface area contributed by atoms with Crippen LogP contribution in [0, 0.1) is 6.92 Å². The second kappa shape index (κ2) is 2.98. The van der Waals surface area contributed by atoms with Gasteiger partial charge in [0.05, 0.1) is 11.5 Å². The van der Waals surface area contributed by atoms with Gasteiger partial charge in [-0.05, 0) is 30.2 Å². The molecule has 14 heavy (non-hydrogen) atoms. The third-order valence-electron chi connectivity index (χ3n) is 2.37. The highest BCUT2D eigenvalue weighted by atomic mass is 32.2. The molecule has 0 fully saturated rings. The molecule has 0 saturated heterocycles. The van der Waals surface area contributed by atoms with Gasteiger partial charge < -0.3 is 4.74 Å². The molecule has 0 unspecified atom stereocenters. The van der Waals surface area contributed by atoms with Crippen molar-refractivity contribution in [3.8, 4) is 5.75 Å². The van der Waals surface area contributed by atoms with Gasteiger partial charge in [-0.2, -0.15) is 0 Å². The molecule has 3 nitrogen and oxygen atoms in total. The van der Waals surface area contributed by atoms with Gasteiger partial charge >= 0.3 is 0 Å². The average Bonchev–Trinajstić information content (AvgIpc) is 2.50. The van der Waals surface area contributed by atoms with Gasteiger partial charge in [0.25, 0.3) is 0 Å². The van der Waals surface area contributed by atoms with Gasteiger partial charge in [-0.3, -0.25) is 0 Å². The van der Waals surface area contributed by atoms with E-state index in [0.29, 0.717) is 11.5 Å². The first-order valence-corrected chi connectivity index (χ1v) is 6.34. The molecule has 0 bridgehead atoms. The standard InChI is InChI=1S/C10H12O3S/c1-7-5-9(14(2,11)12)6-8-3-4-13-10(7)8/h5-6H,3-4H2,1-2H3. The zero-order chi connectivity index (χ0) is 10.3. The normalized spacial score (nSPS) is 15.0. The average molecular weight is 212 g/mol. The zero-order valence-electron chi connectivity index (χ0n) is 8.20. The maximum atomic E-state index is 11.3. The van der Waals surface area contributed by atoms with Crippen LogP contribution in [0.4, 0.5) is 0 Å². The number of rotatable bonds is 1. The van der Waals surface area contributed by atoms with E-state index >= 15 is 0 Å². The molecule has 0 spiro atoms. The predicted molar refractivity (Wildman–Crippen MR) is 53.5 cm³/mol. The van der Waals surface area contributed by atoms with Gasteiger partial charge in [-0.25, -0.2) is 8.42 Å². The van der Waals surface area contributed by atoms with Crippen molar-refractivity contribution in [3.63, 3.8) is 0 Å². The number of sulfone groups is 1. The van der Waals surface area contributed by atoms with Crippen molar-refractivity contribution >= 4 is 9.84 Å². The zero-order valence-corrected chi connectivity index (χ0v) is 9.02. The maximum Gasteiger partial charge on any atom is 0.175 e. The number of ether oxygens (including phenoxy) is 1. The number of hydrogen-bond acceptors (Lipinski definition) is 3. The minimum Gasteiger partial charge on any atom is -0.493 e. The summed E-state index contributed by atoms with van der Waals surface area (Å²) >= 11 is 0. The molecule has 0 radical (unpaired) electrons. The molecule has 1 heterocycles. The Hall–Kier alpha value is -1.03. The largest absolute Gasteiger partial charge is 0.493 e. The first-order chi connectivity index (χ1) is 6.48. The molecule has 1 aliphatic rings. The third kappa shape index (κ3) is 1.50. The van der Waals surface area contributed by atoms with Gasteiger partial charge in [-0.15, -0.1) is 0 Å². The molecule has 0 amide bonds. The number of hydrogen-bond donors (Lipinski definition) is 0. The first-order valence-electron chi connectivity index (χ1n) is 4.45. The predicted octanol–water partition coefficient (Wildman–Crippen LogP) is 1.33. The molecular weight excluding hydrogens is 200 g/mol. The molecule has 0 N–H and O–H groups in total. The van der Waals surface area contributed by atoms with Gasteiger partial charge in [0.15, 0.2) is 9.84 Å². The molecular formula is C10H12O3S. The van der Waals surface area contributed by atoms with Crippen LogP contribution in [0.15, 0.2) is 17.0 Å². The summed E-state index contributed by atoms with van der Waals surface area (Å²) in [6, 6.07) is 3.38. The second-order valence-corrected chi connectivity index (χ2v) is 5.61. The van der Waals surface area contributed by atoms with Crippen LogP contribution < -0.4 is 4.74 Å². The van der Waals surface area contributed by atoms with E-state index in [1.54, 1.807) is 12.1 Å². The molecule has 0 saturated carbocycles. The van der Waals surface area contributed by atoms with Crippen molar-refractivity contribution in [1.29, 1.82) is 0 Å². The molecule has 76 valence electrons. The second-order valence-electron chi connectivity index (χ2n) is 3.60. The number of fused-ring (bicyclic) bond motifs is 1. The Morgan fingerprint density at radius 1 is 1.36 bits per heavy atom. The van der Waals surface area contributed by atoms with Crippen molar-refractivity contribution < 1.29 is 13.2 Å². The van der Waals surface area contributed by atoms with E-state index in [9.17, 15) is 8.42 Å². The van der Waals surface area contributed by atoms with Crippen LogP contribution in [0.5, 0.6) is 5.75 Å². The lowest BCUT2D eigenvalue weighted by atomic mass is 10.1. The summed E-state index contributed by atoms with van der Waals surface area (Å²) in [5, 5.41) is 0. The van der Waals surface area contributed by atoms with Crippen LogP contribution in [0.3, 0.4) is 0 Å². The monoisotopic (exact) mass is 212 g/mol. The highest BCUT2D eigenvalue weighted by Crippen LogP contribution is 2.31. The van der Waals surface area contributed by atoms with Crippen LogP contribution >= 0.6 is 0 Å². The summed E-state index contributed by atoms with van der Waals surface area (Å²) in [7, 11) is -3.10. The molecule has 1 aromatic carbocycles. The van der Waals surface area contributed by atoms with Crippen molar-refractivity contribution in [1.82, 2.24) is 0 Å². The van der Waals surface area contributed by atoms with Gasteiger partial charge in [0.1, 0.15) is 5.75 Å².